The Hall–Kier alpha value is -2.00. The number of hydrogen-bond acceptors (Lipinski definition) is 6. The summed E-state index contributed by atoms with van der Waals surface area (Å²) in [5.41, 5.74) is 5.04. The van der Waals surface area contributed by atoms with Crippen molar-refractivity contribution in [2.45, 2.75) is 25.5 Å². The van der Waals surface area contributed by atoms with Crippen LogP contribution in [0.25, 0.3) is 0 Å². The van der Waals surface area contributed by atoms with Crippen molar-refractivity contribution in [1.29, 1.82) is 0 Å². The van der Waals surface area contributed by atoms with Gasteiger partial charge in [0.05, 0.1) is 5.02 Å². The Morgan fingerprint density at radius 2 is 2.12 bits per heavy atom. The van der Waals surface area contributed by atoms with Crippen LogP contribution in [0, 0.1) is 0 Å². The van der Waals surface area contributed by atoms with E-state index in [1.54, 1.807) is 6.07 Å². The maximum Gasteiger partial charge on any atom is 0.329 e. The van der Waals surface area contributed by atoms with Gasteiger partial charge in [-0.3, -0.25) is 4.79 Å². The quantitative estimate of drug-likeness (QED) is 0.591. The molecule has 0 saturated heterocycles. The SMILES string of the molecule is CSCC[C@H](NC(N)=O)C(=O)O[C@H](C)C(=O)Nc1ccc(Cl)cn1. The van der Waals surface area contributed by atoms with Gasteiger partial charge in [-0.25, -0.2) is 14.6 Å². The Morgan fingerprint density at radius 1 is 1.42 bits per heavy atom. The Kier molecular flexibility index (Phi) is 8.34. The molecule has 4 N–H and O–H groups in total. The third-order valence-corrected chi connectivity index (χ3v) is 3.72. The molecule has 0 aliphatic carbocycles. The lowest BCUT2D eigenvalue weighted by Gasteiger charge is -2.19. The van der Waals surface area contributed by atoms with Gasteiger partial charge < -0.3 is 21.1 Å². The first-order valence-corrected chi connectivity index (χ1v) is 8.78. The van der Waals surface area contributed by atoms with Crippen LogP contribution in [-0.4, -0.2) is 47.0 Å². The van der Waals surface area contributed by atoms with Crippen LogP contribution in [0.5, 0.6) is 0 Å². The van der Waals surface area contributed by atoms with E-state index in [2.05, 4.69) is 15.6 Å². The van der Waals surface area contributed by atoms with Crippen LogP contribution in [0.3, 0.4) is 0 Å². The lowest BCUT2D eigenvalue weighted by Crippen LogP contribution is -2.46. The maximum atomic E-state index is 12.1. The van der Waals surface area contributed by atoms with Gasteiger partial charge in [0.25, 0.3) is 5.91 Å². The summed E-state index contributed by atoms with van der Waals surface area (Å²) in [6.07, 6.45) is 2.52. The second-order valence-electron chi connectivity index (χ2n) is 4.77. The van der Waals surface area contributed by atoms with E-state index < -0.39 is 30.1 Å². The molecule has 1 aromatic heterocycles. The third-order valence-electron chi connectivity index (χ3n) is 2.85. The molecule has 0 fully saturated rings. The van der Waals surface area contributed by atoms with Gasteiger partial charge in [0.2, 0.25) is 0 Å². The summed E-state index contributed by atoms with van der Waals surface area (Å²) in [7, 11) is 0. The fourth-order valence-corrected chi connectivity index (χ4v) is 2.23. The van der Waals surface area contributed by atoms with Crippen LogP contribution < -0.4 is 16.4 Å². The number of pyridine rings is 1. The Morgan fingerprint density at radius 3 is 2.67 bits per heavy atom. The van der Waals surface area contributed by atoms with Crippen molar-refractivity contribution >= 4 is 47.1 Å². The molecule has 24 heavy (non-hydrogen) atoms. The number of nitrogens with zero attached hydrogens (tertiary/aromatic N) is 1. The minimum Gasteiger partial charge on any atom is -0.451 e. The van der Waals surface area contributed by atoms with Crippen LogP contribution in [0.2, 0.25) is 5.02 Å². The summed E-state index contributed by atoms with van der Waals surface area (Å²) >= 11 is 7.21. The number of carbonyl (C=O) groups excluding carboxylic acids is 3. The molecule has 0 unspecified atom stereocenters. The van der Waals surface area contributed by atoms with Gasteiger partial charge in [0.1, 0.15) is 11.9 Å². The molecule has 1 rings (SSSR count). The van der Waals surface area contributed by atoms with Crippen molar-refractivity contribution in [3.05, 3.63) is 23.4 Å². The molecule has 0 saturated carbocycles. The average Bonchev–Trinajstić information content (AvgIpc) is 2.53. The van der Waals surface area contributed by atoms with Gasteiger partial charge in [-0.15, -0.1) is 0 Å². The normalized spacial score (nSPS) is 12.8. The minimum absolute atomic E-state index is 0.279. The number of ether oxygens (including phenoxy) is 1. The first-order chi connectivity index (χ1) is 11.3. The first kappa shape index (κ1) is 20.0. The van der Waals surface area contributed by atoms with Crippen molar-refractivity contribution in [3.63, 3.8) is 0 Å². The topological polar surface area (TPSA) is 123 Å². The zero-order chi connectivity index (χ0) is 18.1. The standard InChI is InChI=1S/C14H19ClN4O4S/c1-8(12(20)19-11-4-3-9(15)7-17-11)23-13(21)10(5-6-24-2)18-14(16)22/h3-4,7-8,10H,5-6H2,1-2H3,(H3,16,18,22)(H,17,19,20)/t8-,10+/m1/s1. The molecule has 0 radical (unpaired) electrons. The zero-order valence-electron chi connectivity index (χ0n) is 13.2. The van der Waals surface area contributed by atoms with E-state index >= 15 is 0 Å². The van der Waals surface area contributed by atoms with Crippen molar-refractivity contribution in [3.8, 4) is 0 Å². The third kappa shape index (κ3) is 7.05. The van der Waals surface area contributed by atoms with E-state index in [9.17, 15) is 14.4 Å². The van der Waals surface area contributed by atoms with Crippen molar-refractivity contribution in [1.82, 2.24) is 10.3 Å². The van der Waals surface area contributed by atoms with Crippen LogP contribution >= 0.6 is 23.4 Å². The van der Waals surface area contributed by atoms with Crippen molar-refractivity contribution in [2.75, 3.05) is 17.3 Å². The lowest BCUT2D eigenvalue weighted by atomic mass is 10.2. The van der Waals surface area contributed by atoms with Crippen LogP contribution in [0.15, 0.2) is 18.3 Å². The number of anilines is 1. The molecule has 10 heteroatoms. The van der Waals surface area contributed by atoms with E-state index in [0.717, 1.165) is 0 Å². The molecule has 3 amide bonds. The Bertz CT molecular complexity index is 585. The summed E-state index contributed by atoms with van der Waals surface area (Å²) in [6.45, 7) is 1.42. The van der Waals surface area contributed by atoms with Gasteiger partial charge in [0, 0.05) is 6.20 Å². The highest BCUT2D eigenvalue weighted by atomic mass is 35.5. The number of halogens is 1. The van der Waals surface area contributed by atoms with Crippen LogP contribution in [0.1, 0.15) is 13.3 Å². The Balaban J connectivity index is 2.60. The van der Waals surface area contributed by atoms with E-state index in [0.29, 0.717) is 17.2 Å². The van der Waals surface area contributed by atoms with E-state index in [-0.39, 0.29) is 5.82 Å². The molecule has 2 atom stereocenters. The number of carbonyl (C=O) groups is 3. The van der Waals surface area contributed by atoms with Crippen molar-refractivity contribution < 1.29 is 19.1 Å². The number of thioether (sulfide) groups is 1. The van der Waals surface area contributed by atoms with Gasteiger partial charge in [-0.05, 0) is 37.5 Å². The molecule has 132 valence electrons. The first-order valence-electron chi connectivity index (χ1n) is 7.01. The van der Waals surface area contributed by atoms with Gasteiger partial charge >= 0.3 is 12.0 Å². The Labute approximate surface area is 148 Å². The molecule has 0 aliphatic heterocycles. The fourth-order valence-electron chi connectivity index (χ4n) is 1.64. The number of amides is 3. The monoisotopic (exact) mass is 374 g/mol. The summed E-state index contributed by atoms with van der Waals surface area (Å²) < 4.78 is 5.08. The van der Waals surface area contributed by atoms with E-state index in [4.69, 9.17) is 22.1 Å². The largest absolute Gasteiger partial charge is 0.451 e. The number of nitrogens with one attached hydrogen (secondary N) is 2. The predicted molar refractivity (Wildman–Crippen MR) is 92.9 cm³/mol. The summed E-state index contributed by atoms with van der Waals surface area (Å²) in [5.74, 6) is -0.382. The zero-order valence-corrected chi connectivity index (χ0v) is 14.8. The highest BCUT2D eigenvalue weighted by molar-refractivity contribution is 7.98. The second kappa shape index (κ2) is 9.99. The van der Waals surface area contributed by atoms with Crippen molar-refractivity contribution in [2.24, 2.45) is 5.73 Å². The number of rotatable bonds is 8. The molecule has 0 spiro atoms. The summed E-state index contributed by atoms with van der Waals surface area (Å²) in [5, 5.41) is 5.23. The molecule has 1 aromatic rings. The van der Waals surface area contributed by atoms with Crippen LogP contribution in [-0.2, 0) is 14.3 Å². The number of aromatic nitrogens is 1. The van der Waals surface area contributed by atoms with E-state index in [1.807, 2.05) is 6.26 Å². The molecular weight excluding hydrogens is 356 g/mol. The molecule has 8 nitrogen and oxygen atoms in total. The number of primary amides is 1. The maximum absolute atomic E-state index is 12.1. The molecule has 1 heterocycles. The number of esters is 1. The summed E-state index contributed by atoms with van der Waals surface area (Å²) in [4.78, 5) is 39.0. The molecule has 0 aliphatic rings. The smallest absolute Gasteiger partial charge is 0.329 e. The fraction of sp³-hybridized carbons (Fsp3) is 0.429. The average molecular weight is 375 g/mol. The number of urea groups is 1. The highest BCUT2D eigenvalue weighted by Gasteiger charge is 2.25. The molecular formula is C14H19ClN4O4S. The minimum atomic E-state index is -1.07. The highest BCUT2D eigenvalue weighted by Crippen LogP contribution is 2.11. The predicted octanol–water partition coefficient (Wildman–Crippen LogP) is 1.40. The van der Waals surface area contributed by atoms with Gasteiger partial charge in [-0.1, -0.05) is 11.6 Å². The molecule has 0 aromatic carbocycles. The molecule has 0 bridgehead atoms. The summed E-state index contributed by atoms with van der Waals surface area (Å²) in [6, 6.07) is 1.35. The number of hydrogen-bond donors (Lipinski definition) is 3. The van der Waals surface area contributed by atoms with Gasteiger partial charge in [0.15, 0.2) is 6.10 Å². The van der Waals surface area contributed by atoms with Crippen LogP contribution in [0.4, 0.5) is 10.6 Å². The lowest BCUT2D eigenvalue weighted by molar-refractivity contribution is -0.155. The second-order valence-corrected chi connectivity index (χ2v) is 6.19. The number of nitrogens with two attached hydrogens (primary N) is 1. The van der Waals surface area contributed by atoms with E-state index in [1.165, 1.54) is 30.9 Å². The van der Waals surface area contributed by atoms with Gasteiger partial charge in [-0.2, -0.15) is 11.8 Å².